The summed E-state index contributed by atoms with van der Waals surface area (Å²) in [7, 11) is -4.34. The summed E-state index contributed by atoms with van der Waals surface area (Å²) in [6, 6.07) is 14.4. The molecule has 0 radical (unpaired) electrons. The molecule has 0 aliphatic heterocycles. The van der Waals surface area contributed by atoms with Gasteiger partial charge in [0.15, 0.2) is 4.90 Å². The lowest BCUT2D eigenvalue weighted by Crippen LogP contribution is -2.15. The molecule has 0 atom stereocenters. The first-order valence-corrected chi connectivity index (χ1v) is 8.71. The lowest BCUT2D eigenvalue weighted by atomic mass is 10.1. The predicted molar refractivity (Wildman–Crippen MR) is 94.5 cm³/mol. The Bertz CT molecular complexity index is 1140. The maximum Gasteiger partial charge on any atom is 0.296 e. The van der Waals surface area contributed by atoms with Gasteiger partial charge in [0.1, 0.15) is 0 Å². The van der Waals surface area contributed by atoms with Gasteiger partial charge >= 0.3 is 0 Å². The Balaban J connectivity index is 2.11. The highest BCUT2D eigenvalue weighted by Gasteiger charge is 2.29. The number of nitrogens with zero attached hydrogens (tertiary/aromatic N) is 2. The van der Waals surface area contributed by atoms with Gasteiger partial charge in [0.25, 0.3) is 21.4 Å². The van der Waals surface area contributed by atoms with E-state index in [1.54, 1.807) is 36.4 Å². The minimum Gasteiger partial charge on any atom is -0.279 e. The number of non-ortho nitro benzene ring substituents is 1. The second-order valence-corrected chi connectivity index (χ2v) is 6.95. The fourth-order valence-electron chi connectivity index (χ4n) is 2.50. The molecule has 3 aromatic carbocycles. The van der Waals surface area contributed by atoms with Gasteiger partial charge in [-0.15, -0.1) is 0 Å². The van der Waals surface area contributed by atoms with Crippen molar-refractivity contribution in [3.8, 4) is 0 Å². The zero-order valence-corrected chi connectivity index (χ0v) is 13.8. The van der Waals surface area contributed by atoms with Crippen molar-refractivity contribution in [3.05, 3.63) is 80.9 Å². The van der Waals surface area contributed by atoms with Crippen LogP contribution in [0.5, 0.6) is 0 Å². The van der Waals surface area contributed by atoms with E-state index in [4.69, 9.17) is 0 Å². The number of nitro groups is 2. The Morgan fingerprint density at radius 1 is 0.846 bits per heavy atom. The quantitative estimate of drug-likeness (QED) is 0.538. The summed E-state index contributed by atoms with van der Waals surface area (Å²) >= 11 is 0. The summed E-state index contributed by atoms with van der Waals surface area (Å²) in [5.41, 5.74) is -1.19. The number of rotatable bonds is 5. The molecule has 132 valence electrons. The highest BCUT2D eigenvalue weighted by atomic mass is 32.2. The lowest BCUT2D eigenvalue weighted by Gasteiger charge is -2.11. The van der Waals surface area contributed by atoms with Crippen molar-refractivity contribution < 1.29 is 18.3 Å². The van der Waals surface area contributed by atoms with Crippen LogP contribution in [0.4, 0.5) is 17.1 Å². The van der Waals surface area contributed by atoms with E-state index in [1.807, 2.05) is 0 Å². The molecule has 0 saturated carbocycles. The van der Waals surface area contributed by atoms with E-state index in [1.165, 1.54) is 6.07 Å². The molecule has 0 fully saturated rings. The van der Waals surface area contributed by atoms with Crippen molar-refractivity contribution in [2.75, 3.05) is 4.72 Å². The Hall–Kier alpha value is -3.53. The summed E-state index contributed by atoms with van der Waals surface area (Å²) < 4.78 is 27.7. The number of benzene rings is 3. The topological polar surface area (TPSA) is 132 Å². The van der Waals surface area contributed by atoms with Crippen LogP contribution in [-0.2, 0) is 10.0 Å². The SMILES string of the molecule is O=[N+]([O-])c1ccc(S(=O)(=O)Nc2cccc3ccccc23)c([N+](=O)[O-])c1. The molecule has 3 aromatic rings. The van der Waals surface area contributed by atoms with Crippen molar-refractivity contribution in [3.63, 3.8) is 0 Å². The van der Waals surface area contributed by atoms with Crippen LogP contribution in [0.25, 0.3) is 10.8 Å². The molecule has 0 aromatic heterocycles. The summed E-state index contributed by atoms with van der Waals surface area (Å²) in [6.45, 7) is 0. The second-order valence-electron chi connectivity index (χ2n) is 5.30. The number of nitrogens with one attached hydrogen (secondary N) is 1. The van der Waals surface area contributed by atoms with Crippen LogP contribution in [0.1, 0.15) is 0 Å². The molecule has 0 heterocycles. The van der Waals surface area contributed by atoms with Crippen molar-refractivity contribution in [1.82, 2.24) is 0 Å². The molecule has 0 aliphatic rings. The second kappa shape index (κ2) is 6.41. The fourth-order valence-corrected chi connectivity index (χ4v) is 3.74. The van der Waals surface area contributed by atoms with Crippen molar-refractivity contribution >= 4 is 37.9 Å². The number of nitro benzene ring substituents is 2. The molecule has 0 unspecified atom stereocenters. The third-order valence-corrected chi connectivity index (χ3v) is 5.09. The molecule has 0 amide bonds. The van der Waals surface area contributed by atoms with Crippen LogP contribution in [0, 0.1) is 20.2 Å². The van der Waals surface area contributed by atoms with Gasteiger partial charge in [-0.25, -0.2) is 8.42 Å². The van der Waals surface area contributed by atoms with Gasteiger partial charge in [-0.1, -0.05) is 36.4 Å². The maximum absolute atomic E-state index is 12.7. The van der Waals surface area contributed by atoms with Crippen LogP contribution in [0.3, 0.4) is 0 Å². The van der Waals surface area contributed by atoms with Crippen molar-refractivity contribution in [2.24, 2.45) is 0 Å². The fraction of sp³-hybridized carbons (Fsp3) is 0. The van der Waals surface area contributed by atoms with E-state index in [9.17, 15) is 28.6 Å². The number of anilines is 1. The van der Waals surface area contributed by atoms with E-state index in [0.717, 1.165) is 17.5 Å². The molecule has 26 heavy (non-hydrogen) atoms. The Kier molecular flexibility index (Phi) is 4.26. The zero-order chi connectivity index (χ0) is 18.9. The first kappa shape index (κ1) is 17.3. The minimum atomic E-state index is -4.34. The Morgan fingerprint density at radius 3 is 2.23 bits per heavy atom. The number of hydrogen-bond acceptors (Lipinski definition) is 6. The molecule has 0 bridgehead atoms. The van der Waals surface area contributed by atoms with Crippen LogP contribution < -0.4 is 4.72 Å². The van der Waals surface area contributed by atoms with E-state index < -0.39 is 36.1 Å². The maximum atomic E-state index is 12.7. The smallest absolute Gasteiger partial charge is 0.279 e. The van der Waals surface area contributed by atoms with E-state index in [-0.39, 0.29) is 5.69 Å². The zero-order valence-electron chi connectivity index (χ0n) is 13.0. The molecule has 9 nitrogen and oxygen atoms in total. The highest BCUT2D eigenvalue weighted by molar-refractivity contribution is 7.92. The third kappa shape index (κ3) is 3.17. The molecule has 10 heteroatoms. The number of sulfonamides is 1. The normalized spacial score (nSPS) is 11.2. The standard InChI is InChI=1S/C16H11N3O6S/c20-18(21)12-8-9-16(15(10-12)19(22)23)26(24,25)17-14-7-3-5-11-4-1-2-6-13(11)14/h1-10,17H. The number of fused-ring (bicyclic) bond motifs is 1. The van der Waals surface area contributed by atoms with Crippen LogP contribution in [0.15, 0.2) is 65.6 Å². The molecule has 3 rings (SSSR count). The summed E-state index contributed by atoms with van der Waals surface area (Å²) in [5.74, 6) is 0. The molecular formula is C16H11N3O6S. The summed E-state index contributed by atoms with van der Waals surface area (Å²) in [6.07, 6.45) is 0. The van der Waals surface area contributed by atoms with Gasteiger partial charge in [0.2, 0.25) is 0 Å². The first-order chi connectivity index (χ1) is 12.3. The van der Waals surface area contributed by atoms with Crippen LogP contribution >= 0.6 is 0 Å². The van der Waals surface area contributed by atoms with E-state index >= 15 is 0 Å². The van der Waals surface area contributed by atoms with Gasteiger partial charge in [-0.05, 0) is 17.5 Å². The van der Waals surface area contributed by atoms with E-state index in [0.29, 0.717) is 11.5 Å². The van der Waals surface area contributed by atoms with Crippen molar-refractivity contribution in [2.45, 2.75) is 4.90 Å². The number of hydrogen-bond donors (Lipinski definition) is 1. The molecule has 0 spiro atoms. The summed E-state index contributed by atoms with van der Waals surface area (Å²) in [4.78, 5) is 19.5. The van der Waals surface area contributed by atoms with Gasteiger partial charge in [0.05, 0.1) is 21.6 Å². The molecule has 1 N–H and O–H groups in total. The van der Waals surface area contributed by atoms with Gasteiger partial charge in [0, 0.05) is 11.5 Å². The van der Waals surface area contributed by atoms with Crippen molar-refractivity contribution in [1.29, 1.82) is 0 Å². The molecule has 0 aliphatic carbocycles. The molecular weight excluding hydrogens is 362 g/mol. The van der Waals surface area contributed by atoms with Crippen LogP contribution in [0.2, 0.25) is 0 Å². The van der Waals surface area contributed by atoms with E-state index in [2.05, 4.69) is 4.72 Å². The monoisotopic (exact) mass is 373 g/mol. The molecule has 0 saturated heterocycles. The summed E-state index contributed by atoms with van der Waals surface area (Å²) in [5, 5.41) is 23.4. The Labute approximate surface area is 147 Å². The lowest BCUT2D eigenvalue weighted by molar-refractivity contribution is -0.396. The minimum absolute atomic E-state index is 0.246. The van der Waals surface area contributed by atoms with Gasteiger partial charge in [-0.2, -0.15) is 0 Å². The first-order valence-electron chi connectivity index (χ1n) is 7.23. The highest BCUT2D eigenvalue weighted by Crippen LogP contribution is 2.31. The van der Waals surface area contributed by atoms with Crippen LogP contribution in [-0.4, -0.2) is 18.3 Å². The largest absolute Gasteiger partial charge is 0.296 e. The Morgan fingerprint density at radius 2 is 1.54 bits per heavy atom. The third-order valence-electron chi connectivity index (χ3n) is 3.67. The average molecular weight is 373 g/mol. The average Bonchev–Trinajstić information content (AvgIpc) is 2.61. The predicted octanol–water partition coefficient (Wildman–Crippen LogP) is 3.46. The van der Waals surface area contributed by atoms with Gasteiger partial charge < -0.3 is 0 Å². The van der Waals surface area contributed by atoms with Gasteiger partial charge in [-0.3, -0.25) is 25.0 Å².